The number of aryl methyl sites for hydroxylation is 2. The molecule has 32 heavy (non-hydrogen) atoms. The predicted octanol–water partition coefficient (Wildman–Crippen LogP) is 1.77. The van der Waals surface area contributed by atoms with Gasteiger partial charge in [-0.25, -0.2) is 9.79 Å². The quantitative estimate of drug-likeness (QED) is 0.563. The molecule has 0 aliphatic carbocycles. The minimum absolute atomic E-state index is 0.217. The summed E-state index contributed by atoms with van der Waals surface area (Å²) in [6.07, 6.45) is 1.85. The number of aromatic nitrogens is 3. The molecule has 4 rings (SSSR count). The molecular formula is C23H24N4O4S. The smallest absolute Gasteiger partial charge is 0.338 e. The second kappa shape index (κ2) is 8.23. The van der Waals surface area contributed by atoms with E-state index in [0.29, 0.717) is 26.4 Å². The SMILES string of the molecule is COC(=O)C1=C(C)N=c2sc(=Cc3c(C)nn(C)c3C)c(=O)n2[C@H]1c1ccc(OC)cc1. The predicted molar refractivity (Wildman–Crippen MR) is 121 cm³/mol. The molecule has 1 aliphatic heterocycles. The number of hydrogen-bond donors (Lipinski definition) is 0. The van der Waals surface area contributed by atoms with E-state index in [2.05, 4.69) is 10.1 Å². The molecule has 1 aliphatic rings. The lowest BCUT2D eigenvalue weighted by atomic mass is 9.96. The van der Waals surface area contributed by atoms with Crippen molar-refractivity contribution in [3.8, 4) is 5.75 Å². The van der Waals surface area contributed by atoms with Crippen LogP contribution in [-0.4, -0.2) is 34.5 Å². The van der Waals surface area contributed by atoms with E-state index in [4.69, 9.17) is 9.47 Å². The van der Waals surface area contributed by atoms with Gasteiger partial charge in [-0.3, -0.25) is 14.0 Å². The van der Waals surface area contributed by atoms with E-state index in [-0.39, 0.29) is 5.56 Å². The Bertz CT molecular complexity index is 1420. The fourth-order valence-electron chi connectivity index (χ4n) is 3.92. The minimum atomic E-state index is -0.650. The average molecular weight is 453 g/mol. The second-order valence-electron chi connectivity index (χ2n) is 7.55. The number of methoxy groups -OCH3 is 2. The summed E-state index contributed by atoms with van der Waals surface area (Å²) in [4.78, 5) is 31.4. The third kappa shape index (κ3) is 3.48. The molecule has 0 N–H and O–H groups in total. The van der Waals surface area contributed by atoms with Crippen molar-refractivity contribution in [3.63, 3.8) is 0 Å². The first-order valence-corrected chi connectivity index (χ1v) is 10.8. The van der Waals surface area contributed by atoms with E-state index >= 15 is 0 Å². The first kappa shape index (κ1) is 21.8. The zero-order chi connectivity index (χ0) is 23.2. The highest BCUT2D eigenvalue weighted by Crippen LogP contribution is 2.31. The lowest BCUT2D eigenvalue weighted by molar-refractivity contribution is -0.136. The van der Waals surface area contributed by atoms with Gasteiger partial charge in [0.05, 0.1) is 41.8 Å². The zero-order valence-corrected chi connectivity index (χ0v) is 19.6. The molecule has 2 aromatic heterocycles. The van der Waals surface area contributed by atoms with Crippen LogP contribution in [0.15, 0.2) is 45.3 Å². The highest BCUT2D eigenvalue weighted by molar-refractivity contribution is 7.07. The average Bonchev–Trinajstić information content (AvgIpc) is 3.22. The normalized spacial score (nSPS) is 16.1. The van der Waals surface area contributed by atoms with Crippen molar-refractivity contribution in [1.29, 1.82) is 0 Å². The van der Waals surface area contributed by atoms with Gasteiger partial charge in [0.25, 0.3) is 5.56 Å². The molecule has 0 fully saturated rings. The number of benzene rings is 1. The van der Waals surface area contributed by atoms with Gasteiger partial charge in [0.1, 0.15) is 5.75 Å². The third-order valence-corrected chi connectivity index (χ3v) is 6.68. The van der Waals surface area contributed by atoms with Crippen molar-refractivity contribution in [1.82, 2.24) is 14.3 Å². The van der Waals surface area contributed by atoms with Crippen molar-refractivity contribution in [3.05, 3.63) is 77.7 Å². The zero-order valence-electron chi connectivity index (χ0n) is 18.8. The lowest BCUT2D eigenvalue weighted by Gasteiger charge is -2.24. The van der Waals surface area contributed by atoms with Crippen LogP contribution in [0.3, 0.4) is 0 Å². The van der Waals surface area contributed by atoms with E-state index in [9.17, 15) is 9.59 Å². The summed E-state index contributed by atoms with van der Waals surface area (Å²) in [6, 6.07) is 6.65. The number of rotatable bonds is 4. The van der Waals surface area contributed by atoms with Crippen LogP contribution in [0.5, 0.6) is 5.75 Å². The van der Waals surface area contributed by atoms with E-state index in [1.54, 1.807) is 35.4 Å². The Hall–Kier alpha value is -3.46. The van der Waals surface area contributed by atoms with Crippen molar-refractivity contribution in [2.24, 2.45) is 12.0 Å². The number of allylic oxidation sites excluding steroid dienone is 1. The molecule has 0 saturated carbocycles. The number of carbonyl (C=O) groups is 1. The van der Waals surface area contributed by atoms with Gasteiger partial charge in [0.2, 0.25) is 0 Å². The Morgan fingerprint density at radius 1 is 1.16 bits per heavy atom. The Balaban J connectivity index is 1.99. The summed E-state index contributed by atoms with van der Waals surface area (Å²) in [5.41, 5.74) is 4.13. The molecule has 166 valence electrons. The molecule has 0 bridgehead atoms. The van der Waals surface area contributed by atoms with Crippen LogP contribution in [0.25, 0.3) is 6.08 Å². The second-order valence-corrected chi connectivity index (χ2v) is 8.56. The minimum Gasteiger partial charge on any atom is -0.497 e. The van der Waals surface area contributed by atoms with Gasteiger partial charge < -0.3 is 9.47 Å². The number of esters is 1. The molecule has 0 spiro atoms. The monoisotopic (exact) mass is 452 g/mol. The topological polar surface area (TPSA) is 87.7 Å². The molecule has 1 aromatic carbocycles. The number of ether oxygens (including phenoxy) is 2. The van der Waals surface area contributed by atoms with Gasteiger partial charge >= 0.3 is 5.97 Å². The van der Waals surface area contributed by atoms with E-state index < -0.39 is 12.0 Å². The summed E-state index contributed by atoms with van der Waals surface area (Å²) in [7, 11) is 4.79. The molecule has 0 amide bonds. The maximum absolute atomic E-state index is 13.6. The van der Waals surface area contributed by atoms with Crippen molar-refractivity contribution < 1.29 is 14.3 Å². The van der Waals surface area contributed by atoms with Crippen LogP contribution >= 0.6 is 11.3 Å². The Morgan fingerprint density at radius 2 is 1.84 bits per heavy atom. The van der Waals surface area contributed by atoms with E-state index in [0.717, 1.165) is 22.5 Å². The Labute approximate surface area is 188 Å². The van der Waals surface area contributed by atoms with Gasteiger partial charge in [0.15, 0.2) is 4.80 Å². The van der Waals surface area contributed by atoms with Crippen molar-refractivity contribution >= 4 is 23.4 Å². The van der Waals surface area contributed by atoms with Gasteiger partial charge in [-0.15, -0.1) is 0 Å². The summed E-state index contributed by atoms with van der Waals surface area (Å²) in [6.45, 7) is 5.63. The molecule has 0 saturated heterocycles. The van der Waals surface area contributed by atoms with Gasteiger partial charge in [-0.05, 0) is 44.5 Å². The molecule has 0 radical (unpaired) electrons. The molecule has 8 nitrogen and oxygen atoms in total. The number of thiazole rings is 1. The van der Waals surface area contributed by atoms with Crippen LogP contribution in [0.4, 0.5) is 0 Å². The first-order valence-electron chi connectivity index (χ1n) is 10.0. The van der Waals surface area contributed by atoms with E-state index in [1.807, 2.05) is 39.1 Å². The Kier molecular flexibility index (Phi) is 5.60. The molecule has 9 heteroatoms. The van der Waals surface area contributed by atoms with E-state index in [1.165, 1.54) is 18.4 Å². The third-order valence-electron chi connectivity index (χ3n) is 5.70. The van der Waals surface area contributed by atoms with Crippen LogP contribution in [0.2, 0.25) is 0 Å². The number of fused-ring (bicyclic) bond motifs is 1. The lowest BCUT2D eigenvalue weighted by Crippen LogP contribution is -2.39. The van der Waals surface area contributed by atoms with Crippen LogP contribution in [0, 0.1) is 13.8 Å². The highest BCUT2D eigenvalue weighted by Gasteiger charge is 2.33. The summed E-state index contributed by atoms with van der Waals surface area (Å²) < 4.78 is 14.2. The number of nitrogens with zero attached hydrogens (tertiary/aromatic N) is 4. The van der Waals surface area contributed by atoms with Crippen LogP contribution in [-0.2, 0) is 16.6 Å². The van der Waals surface area contributed by atoms with Crippen LogP contribution < -0.4 is 19.6 Å². The Morgan fingerprint density at radius 3 is 2.41 bits per heavy atom. The first-order chi connectivity index (χ1) is 15.3. The standard InChI is InChI=1S/C23H24N4O4S/c1-12-17(14(3)26(4)25-12)11-18-21(28)27-20(15-7-9-16(30-5)10-8-15)19(22(29)31-6)13(2)24-23(27)32-18/h7-11,20H,1-6H3/t20-/m0/s1. The number of hydrogen-bond acceptors (Lipinski definition) is 7. The summed E-state index contributed by atoms with van der Waals surface area (Å²) in [5, 5.41) is 4.43. The van der Waals surface area contributed by atoms with Gasteiger partial charge in [-0.2, -0.15) is 5.10 Å². The molecule has 3 aromatic rings. The summed E-state index contributed by atoms with van der Waals surface area (Å²) in [5.74, 6) is 0.171. The fourth-order valence-corrected chi connectivity index (χ4v) is 4.95. The number of carbonyl (C=O) groups excluding carboxylic acids is 1. The molecule has 1 atom stereocenters. The van der Waals surface area contributed by atoms with Gasteiger partial charge in [0, 0.05) is 18.3 Å². The maximum atomic E-state index is 13.6. The van der Waals surface area contributed by atoms with Gasteiger partial charge in [-0.1, -0.05) is 23.5 Å². The molecular weight excluding hydrogens is 428 g/mol. The van der Waals surface area contributed by atoms with Crippen molar-refractivity contribution in [2.45, 2.75) is 26.8 Å². The molecule has 3 heterocycles. The summed E-state index contributed by atoms with van der Waals surface area (Å²) >= 11 is 1.29. The fraction of sp³-hybridized carbons (Fsp3) is 0.304. The van der Waals surface area contributed by atoms with Crippen molar-refractivity contribution in [2.75, 3.05) is 14.2 Å². The maximum Gasteiger partial charge on any atom is 0.338 e. The van der Waals surface area contributed by atoms with Crippen LogP contribution in [0.1, 0.15) is 35.5 Å². The molecule has 0 unspecified atom stereocenters. The highest BCUT2D eigenvalue weighted by atomic mass is 32.1. The largest absolute Gasteiger partial charge is 0.497 e.